The molecule has 9 heteroatoms. The van der Waals surface area contributed by atoms with Crippen LogP contribution < -0.4 is 10.1 Å². The Balaban J connectivity index is 1.62. The fourth-order valence-electron chi connectivity index (χ4n) is 2.38. The molecule has 1 N–H and O–H groups in total. The number of hydrogen-bond donors (Lipinski definition) is 1. The summed E-state index contributed by atoms with van der Waals surface area (Å²) in [6, 6.07) is 14.4. The van der Waals surface area contributed by atoms with Crippen molar-refractivity contribution in [2.75, 3.05) is 24.8 Å². The number of hydrogen-bond acceptors (Lipinski definition) is 7. The number of carbonyl (C=O) groups is 1. The summed E-state index contributed by atoms with van der Waals surface area (Å²) >= 11 is 0. The summed E-state index contributed by atoms with van der Waals surface area (Å²) in [4.78, 5) is 20.5. The summed E-state index contributed by atoms with van der Waals surface area (Å²) in [5, 5.41) is 2.75. The van der Waals surface area contributed by atoms with Crippen LogP contribution in [0.5, 0.6) is 11.8 Å². The molecule has 2 aromatic carbocycles. The minimum Gasteiger partial charge on any atom is -0.424 e. The monoisotopic (exact) mass is 413 g/mol. The van der Waals surface area contributed by atoms with Crippen molar-refractivity contribution in [2.45, 2.75) is 4.90 Å². The van der Waals surface area contributed by atoms with Crippen LogP contribution in [0.4, 0.5) is 5.69 Å². The Hall–Kier alpha value is -3.30. The third kappa shape index (κ3) is 5.59. The van der Waals surface area contributed by atoms with Crippen LogP contribution in [-0.2, 0) is 14.6 Å². The lowest BCUT2D eigenvalue weighted by Crippen LogP contribution is -2.14. The van der Waals surface area contributed by atoms with E-state index in [1.807, 2.05) is 0 Å². The number of nitrogens with zero attached hydrogens (tertiary/aromatic N) is 2. The minimum atomic E-state index is -3.44. The third-order valence-corrected chi connectivity index (χ3v) is 5.59. The molecule has 0 atom stereocenters. The second kappa shape index (κ2) is 9.26. The van der Waals surface area contributed by atoms with Gasteiger partial charge in [0.1, 0.15) is 5.75 Å². The quantitative estimate of drug-likeness (QED) is 0.605. The number of carbonyl (C=O) groups excluding carboxylic acids is 1. The smallest absolute Gasteiger partial charge is 0.321 e. The van der Waals surface area contributed by atoms with Crippen LogP contribution in [-0.4, -0.2) is 43.8 Å². The van der Waals surface area contributed by atoms with Crippen molar-refractivity contribution in [2.24, 2.45) is 0 Å². The summed E-state index contributed by atoms with van der Waals surface area (Å²) < 4.78 is 34.6. The number of nitrogens with one attached hydrogen (secondary N) is 1. The number of sulfone groups is 1. The van der Waals surface area contributed by atoms with Gasteiger partial charge in [-0.15, -0.1) is 0 Å². The van der Waals surface area contributed by atoms with Gasteiger partial charge in [0.2, 0.25) is 0 Å². The summed E-state index contributed by atoms with van der Waals surface area (Å²) in [6.45, 7) is 0.112. The number of rotatable bonds is 8. The SMILES string of the molecule is COCCS(=O)(=O)c1ccc(C(=O)Nc2ccc(Oc3ncccn3)cc2)cc1. The fourth-order valence-corrected chi connectivity index (χ4v) is 3.55. The van der Waals surface area contributed by atoms with Crippen LogP contribution in [0.3, 0.4) is 0 Å². The molecule has 8 nitrogen and oxygen atoms in total. The average molecular weight is 413 g/mol. The molecule has 0 aliphatic heterocycles. The topological polar surface area (TPSA) is 107 Å². The Morgan fingerprint density at radius 1 is 1.00 bits per heavy atom. The van der Waals surface area contributed by atoms with E-state index in [0.717, 1.165) is 0 Å². The lowest BCUT2D eigenvalue weighted by Gasteiger charge is -2.08. The molecule has 150 valence electrons. The molecule has 0 saturated carbocycles. The number of anilines is 1. The first-order valence-corrected chi connectivity index (χ1v) is 10.3. The van der Waals surface area contributed by atoms with Gasteiger partial charge in [-0.1, -0.05) is 0 Å². The summed E-state index contributed by atoms with van der Waals surface area (Å²) in [7, 11) is -1.99. The highest BCUT2D eigenvalue weighted by Crippen LogP contribution is 2.20. The predicted octanol–water partition coefficient (Wildman–Crippen LogP) is 2.94. The Labute approximate surface area is 168 Å². The van der Waals surface area contributed by atoms with Crippen LogP contribution >= 0.6 is 0 Å². The van der Waals surface area contributed by atoms with Gasteiger partial charge in [0.25, 0.3) is 5.91 Å². The van der Waals surface area contributed by atoms with Crippen LogP contribution in [0.25, 0.3) is 0 Å². The average Bonchev–Trinajstić information content (AvgIpc) is 2.74. The molecular weight excluding hydrogens is 394 g/mol. The van der Waals surface area contributed by atoms with Crippen LogP contribution in [0, 0.1) is 0 Å². The standard InChI is InChI=1S/C20H19N3O5S/c1-27-13-14-29(25,26)18-9-3-15(4-10-18)19(24)23-16-5-7-17(8-6-16)28-20-21-11-2-12-22-20/h2-12H,13-14H2,1H3,(H,23,24). The van der Waals surface area contributed by atoms with E-state index in [4.69, 9.17) is 9.47 Å². The number of aromatic nitrogens is 2. The van der Waals surface area contributed by atoms with Gasteiger partial charge in [-0.2, -0.15) is 0 Å². The molecule has 0 fully saturated rings. The van der Waals surface area contributed by atoms with Crippen molar-refractivity contribution in [1.29, 1.82) is 0 Å². The minimum absolute atomic E-state index is 0.112. The van der Waals surface area contributed by atoms with E-state index in [9.17, 15) is 13.2 Å². The van der Waals surface area contributed by atoms with Crippen molar-refractivity contribution in [3.63, 3.8) is 0 Å². The van der Waals surface area contributed by atoms with Crippen molar-refractivity contribution < 1.29 is 22.7 Å². The van der Waals surface area contributed by atoms with Gasteiger partial charge < -0.3 is 14.8 Å². The zero-order valence-electron chi connectivity index (χ0n) is 15.6. The van der Waals surface area contributed by atoms with Crippen molar-refractivity contribution in [1.82, 2.24) is 9.97 Å². The van der Waals surface area contributed by atoms with Gasteiger partial charge in [0.05, 0.1) is 17.3 Å². The molecule has 1 amide bonds. The number of amides is 1. The normalized spacial score (nSPS) is 11.1. The molecule has 1 heterocycles. The highest BCUT2D eigenvalue weighted by atomic mass is 32.2. The maximum Gasteiger partial charge on any atom is 0.321 e. The molecule has 3 rings (SSSR count). The van der Waals surface area contributed by atoms with E-state index in [2.05, 4.69) is 15.3 Å². The van der Waals surface area contributed by atoms with Crippen molar-refractivity contribution in [3.05, 3.63) is 72.6 Å². The van der Waals surface area contributed by atoms with Gasteiger partial charge in [-0.05, 0) is 54.6 Å². The van der Waals surface area contributed by atoms with Crippen molar-refractivity contribution >= 4 is 21.4 Å². The van der Waals surface area contributed by atoms with E-state index in [1.165, 1.54) is 31.4 Å². The van der Waals surface area contributed by atoms with E-state index in [-0.39, 0.29) is 29.2 Å². The molecule has 0 saturated heterocycles. The Morgan fingerprint density at radius 2 is 1.66 bits per heavy atom. The lowest BCUT2D eigenvalue weighted by atomic mass is 10.2. The van der Waals surface area contributed by atoms with Gasteiger partial charge in [-0.25, -0.2) is 18.4 Å². The van der Waals surface area contributed by atoms with Gasteiger partial charge in [0, 0.05) is 30.8 Å². The molecule has 0 aliphatic rings. The van der Waals surface area contributed by atoms with Crippen LogP contribution in [0.2, 0.25) is 0 Å². The van der Waals surface area contributed by atoms with E-state index < -0.39 is 9.84 Å². The maximum atomic E-state index is 12.4. The highest BCUT2D eigenvalue weighted by molar-refractivity contribution is 7.91. The Morgan fingerprint density at radius 3 is 2.28 bits per heavy atom. The Kier molecular flexibility index (Phi) is 6.53. The summed E-state index contributed by atoms with van der Waals surface area (Å²) in [5.41, 5.74) is 0.904. The molecule has 1 aromatic heterocycles. The summed E-state index contributed by atoms with van der Waals surface area (Å²) in [5.74, 6) is 0.0584. The summed E-state index contributed by atoms with van der Waals surface area (Å²) in [6.07, 6.45) is 3.15. The van der Waals surface area contributed by atoms with E-state index in [1.54, 1.807) is 42.7 Å². The van der Waals surface area contributed by atoms with Crippen LogP contribution in [0.1, 0.15) is 10.4 Å². The largest absolute Gasteiger partial charge is 0.424 e. The maximum absolute atomic E-state index is 12.4. The molecule has 29 heavy (non-hydrogen) atoms. The van der Waals surface area contributed by atoms with E-state index >= 15 is 0 Å². The second-order valence-electron chi connectivity index (χ2n) is 5.95. The predicted molar refractivity (Wildman–Crippen MR) is 107 cm³/mol. The molecule has 0 unspecified atom stereocenters. The number of benzene rings is 2. The van der Waals surface area contributed by atoms with Gasteiger partial charge in [0.15, 0.2) is 9.84 Å². The number of methoxy groups -OCH3 is 1. The molecule has 0 bridgehead atoms. The molecule has 0 spiro atoms. The second-order valence-corrected chi connectivity index (χ2v) is 8.06. The van der Waals surface area contributed by atoms with Gasteiger partial charge in [-0.3, -0.25) is 4.79 Å². The molecule has 0 radical (unpaired) electrons. The molecule has 3 aromatic rings. The van der Waals surface area contributed by atoms with E-state index in [0.29, 0.717) is 17.0 Å². The Bertz CT molecular complexity index is 1050. The first-order valence-electron chi connectivity index (χ1n) is 8.66. The molecule has 0 aliphatic carbocycles. The molecular formula is C20H19N3O5S. The number of ether oxygens (including phenoxy) is 2. The third-order valence-electron chi connectivity index (χ3n) is 3.90. The zero-order chi connectivity index (χ0) is 20.7. The fraction of sp³-hybridized carbons (Fsp3) is 0.150. The highest BCUT2D eigenvalue weighted by Gasteiger charge is 2.15. The van der Waals surface area contributed by atoms with Crippen molar-refractivity contribution in [3.8, 4) is 11.8 Å². The zero-order valence-corrected chi connectivity index (χ0v) is 16.4. The van der Waals surface area contributed by atoms with Gasteiger partial charge >= 0.3 is 6.01 Å². The van der Waals surface area contributed by atoms with Crippen LogP contribution in [0.15, 0.2) is 71.9 Å². The lowest BCUT2D eigenvalue weighted by molar-refractivity contribution is 0.102. The first kappa shape index (κ1) is 20.4. The first-order chi connectivity index (χ1) is 14.0.